The molecule has 1 aromatic heterocycles. The fourth-order valence-corrected chi connectivity index (χ4v) is 3.43. The van der Waals surface area contributed by atoms with E-state index in [9.17, 15) is 14.4 Å². The smallest absolute Gasteiger partial charge is 0.355 e. The van der Waals surface area contributed by atoms with E-state index in [1.807, 2.05) is 13.8 Å². The lowest BCUT2D eigenvalue weighted by Crippen LogP contribution is -2.38. The molecule has 7 nitrogen and oxygen atoms in total. The highest BCUT2D eigenvalue weighted by Crippen LogP contribution is 2.21. The standard InChI is InChI=1S/C23H30N2O5/c1-7-30-23(28)21-15(4)20(16(5)24-21)19(26)13-25(12-14(2)3)22(27)17-9-8-10-18(11-17)29-6/h8-11,14,24H,7,12-13H2,1-6H3. The fourth-order valence-electron chi connectivity index (χ4n) is 3.43. The van der Waals surface area contributed by atoms with Gasteiger partial charge in [-0.05, 0) is 50.5 Å². The lowest BCUT2D eigenvalue weighted by atomic mass is 10.0. The van der Waals surface area contributed by atoms with Crippen molar-refractivity contribution in [1.82, 2.24) is 9.88 Å². The highest BCUT2D eigenvalue weighted by atomic mass is 16.5. The third-order valence-electron chi connectivity index (χ3n) is 4.72. The van der Waals surface area contributed by atoms with Crippen LogP contribution in [0.5, 0.6) is 5.75 Å². The first kappa shape index (κ1) is 23.2. The van der Waals surface area contributed by atoms with Gasteiger partial charge in [-0.3, -0.25) is 9.59 Å². The van der Waals surface area contributed by atoms with Crippen molar-refractivity contribution < 1.29 is 23.9 Å². The maximum Gasteiger partial charge on any atom is 0.355 e. The summed E-state index contributed by atoms with van der Waals surface area (Å²) in [6.07, 6.45) is 0. The summed E-state index contributed by atoms with van der Waals surface area (Å²) in [4.78, 5) is 42.9. The normalized spacial score (nSPS) is 10.8. The number of carbonyl (C=O) groups is 3. The number of methoxy groups -OCH3 is 1. The molecule has 0 bridgehead atoms. The van der Waals surface area contributed by atoms with Crippen molar-refractivity contribution in [2.45, 2.75) is 34.6 Å². The molecule has 0 unspecified atom stereocenters. The number of aromatic nitrogens is 1. The Morgan fingerprint density at radius 2 is 1.87 bits per heavy atom. The van der Waals surface area contributed by atoms with Crippen LogP contribution < -0.4 is 4.74 Å². The van der Waals surface area contributed by atoms with Crippen LogP contribution in [-0.4, -0.2) is 54.3 Å². The molecule has 0 saturated carbocycles. The zero-order chi connectivity index (χ0) is 22.4. The number of nitrogens with one attached hydrogen (secondary N) is 1. The molecule has 30 heavy (non-hydrogen) atoms. The molecular formula is C23H30N2O5. The van der Waals surface area contributed by atoms with Gasteiger partial charge in [0, 0.05) is 23.4 Å². The van der Waals surface area contributed by atoms with Crippen molar-refractivity contribution in [1.29, 1.82) is 0 Å². The monoisotopic (exact) mass is 414 g/mol. The predicted octanol–water partition coefficient (Wildman–Crippen LogP) is 3.80. The number of ether oxygens (including phenoxy) is 2. The first-order chi connectivity index (χ1) is 14.2. The quantitative estimate of drug-likeness (QED) is 0.498. The molecule has 0 radical (unpaired) electrons. The van der Waals surface area contributed by atoms with E-state index >= 15 is 0 Å². The van der Waals surface area contributed by atoms with Crippen LogP contribution in [0.4, 0.5) is 0 Å². The Morgan fingerprint density at radius 1 is 1.17 bits per heavy atom. The van der Waals surface area contributed by atoms with Crippen LogP contribution >= 0.6 is 0 Å². The summed E-state index contributed by atoms with van der Waals surface area (Å²) in [5.41, 5.74) is 2.27. The largest absolute Gasteiger partial charge is 0.497 e. The van der Waals surface area contributed by atoms with E-state index in [0.717, 1.165) is 0 Å². The van der Waals surface area contributed by atoms with Gasteiger partial charge in [-0.2, -0.15) is 0 Å². The Hall–Kier alpha value is -3.09. The number of nitrogens with zero attached hydrogens (tertiary/aromatic N) is 1. The van der Waals surface area contributed by atoms with Gasteiger partial charge in [-0.1, -0.05) is 19.9 Å². The molecule has 0 saturated heterocycles. The van der Waals surface area contributed by atoms with Crippen LogP contribution in [0.25, 0.3) is 0 Å². The van der Waals surface area contributed by atoms with Crippen molar-refractivity contribution in [3.05, 3.63) is 52.3 Å². The number of hydrogen-bond donors (Lipinski definition) is 1. The first-order valence-corrected chi connectivity index (χ1v) is 10.0. The summed E-state index contributed by atoms with van der Waals surface area (Å²) < 4.78 is 10.3. The van der Waals surface area contributed by atoms with Gasteiger partial charge in [-0.25, -0.2) is 4.79 Å². The summed E-state index contributed by atoms with van der Waals surface area (Å²) in [5.74, 6) is -0.214. The molecular weight excluding hydrogens is 384 g/mol. The van der Waals surface area contributed by atoms with Crippen LogP contribution in [0.2, 0.25) is 0 Å². The second-order valence-electron chi connectivity index (χ2n) is 7.58. The Bertz CT molecular complexity index is 930. The van der Waals surface area contributed by atoms with Gasteiger partial charge in [0.15, 0.2) is 5.78 Å². The number of rotatable bonds is 9. The van der Waals surface area contributed by atoms with Crippen LogP contribution in [0.15, 0.2) is 24.3 Å². The Kier molecular flexibility index (Phi) is 7.80. The molecule has 2 rings (SSSR count). The minimum Gasteiger partial charge on any atom is -0.497 e. The number of Topliss-reactive ketones (excluding diaryl/α,β-unsaturated/α-hetero) is 1. The maximum atomic E-state index is 13.1. The molecule has 1 heterocycles. The molecule has 2 aromatic rings. The number of aryl methyl sites for hydroxylation is 1. The van der Waals surface area contributed by atoms with Crippen molar-refractivity contribution >= 4 is 17.7 Å². The zero-order valence-corrected chi connectivity index (χ0v) is 18.5. The lowest BCUT2D eigenvalue weighted by Gasteiger charge is -2.24. The van der Waals surface area contributed by atoms with Crippen molar-refractivity contribution in [3.8, 4) is 5.75 Å². The van der Waals surface area contributed by atoms with Gasteiger partial charge in [0.25, 0.3) is 5.91 Å². The number of hydrogen-bond acceptors (Lipinski definition) is 5. The van der Waals surface area contributed by atoms with Gasteiger partial charge in [0.2, 0.25) is 0 Å². The van der Waals surface area contributed by atoms with E-state index in [-0.39, 0.29) is 36.5 Å². The van der Waals surface area contributed by atoms with Gasteiger partial charge in [0.05, 0.1) is 20.3 Å². The number of benzene rings is 1. The van der Waals surface area contributed by atoms with Crippen LogP contribution in [0, 0.1) is 19.8 Å². The lowest BCUT2D eigenvalue weighted by molar-refractivity contribution is 0.0519. The molecule has 0 atom stereocenters. The molecule has 1 aromatic carbocycles. The first-order valence-electron chi connectivity index (χ1n) is 10.0. The Balaban J connectivity index is 2.32. The number of ketones is 1. The predicted molar refractivity (Wildman–Crippen MR) is 114 cm³/mol. The molecule has 0 spiro atoms. The van der Waals surface area contributed by atoms with Crippen LogP contribution in [0.3, 0.4) is 0 Å². The molecule has 7 heteroatoms. The van der Waals surface area contributed by atoms with Gasteiger partial charge in [-0.15, -0.1) is 0 Å². The topological polar surface area (TPSA) is 88.7 Å². The molecule has 0 aliphatic heterocycles. The Labute approximate surface area is 177 Å². The number of H-pyrrole nitrogens is 1. The summed E-state index contributed by atoms with van der Waals surface area (Å²) in [6.45, 7) is 9.73. The number of carbonyl (C=O) groups excluding carboxylic acids is 3. The van der Waals surface area contributed by atoms with E-state index < -0.39 is 5.97 Å². The van der Waals surface area contributed by atoms with Crippen LogP contribution in [0.1, 0.15) is 63.2 Å². The fraction of sp³-hybridized carbons (Fsp3) is 0.435. The van der Waals surface area contributed by atoms with E-state index in [1.165, 1.54) is 12.0 Å². The SMILES string of the molecule is CCOC(=O)c1[nH]c(C)c(C(=O)CN(CC(C)C)C(=O)c2cccc(OC)c2)c1C. The second-order valence-corrected chi connectivity index (χ2v) is 7.58. The minimum atomic E-state index is -0.497. The molecule has 1 amide bonds. The van der Waals surface area contributed by atoms with E-state index in [1.54, 1.807) is 45.0 Å². The second kappa shape index (κ2) is 10.1. The van der Waals surface area contributed by atoms with E-state index in [0.29, 0.717) is 34.7 Å². The van der Waals surface area contributed by atoms with E-state index in [4.69, 9.17) is 9.47 Å². The molecule has 1 N–H and O–H groups in total. The molecule has 0 aliphatic rings. The minimum absolute atomic E-state index is 0.0873. The highest BCUT2D eigenvalue weighted by Gasteiger charge is 2.26. The zero-order valence-electron chi connectivity index (χ0n) is 18.5. The number of esters is 1. The third-order valence-corrected chi connectivity index (χ3v) is 4.72. The average molecular weight is 415 g/mol. The Morgan fingerprint density at radius 3 is 2.47 bits per heavy atom. The summed E-state index contributed by atoms with van der Waals surface area (Å²) in [5, 5.41) is 0. The molecule has 162 valence electrons. The summed E-state index contributed by atoms with van der Waals surface area (Å²) in [6, 6.07) is 6.87. The van der Waals surface area contributed by atoms with Gasteiger partial charge in [0.1, 0.15) is 11.4 Å². The third kappa shape index (κ3) is 5.28. The van der Waals surface area contributed by atoms with Crippen molar-refractivity contribution in [2.75, 3.05) is 26.8 Å². The summed E-state index contributed by atoms with van der Waals surface area (Å²) in [7, 11) is 1.54. The maximum absolute atomic E-state index is 13.1. The molecule has 0 fully saturated rings. The van der Waals surface area contributed by atoms with Crippen molar-refractivity contribution in [3.63, 3.8) is 0 Å². The van der Waals surface area contributed by atoms with E-state index in [2.05, 4.69) is 4.98 Å². The summed E-state index contributed by atoms with van der Waals surface area (Å²) >= 11 is 0. The van der Waals surface area contributed by atoms with Crippen molar-refractivity contribution in [2.24, 2.45) is 5.92 Å². The number of aromatic amines is 1. The molecule has 0 aliphatic carbocycles. The van der Waals surface area contributed by atoms with Gasteiger partial charge < -0.3 is 19.4 Å². The van der Waals surface area contributed by atoms with Gasteiger partial charge >= 0.3 is 5.97 Å². The van der Waals surface area contributed by atoms with Crippen LogP contribution in [-0.2, 0) is 4.74 Å². The highest BCUT2D eigenvalue weighted by molar-refractivity contribution is 6.05. The number of amides is 1. The average Bonchev–Trinajstić information content (AvgIpc) is 3.01.